The summed E-state index contributed by atoms with van der Waals surface area (Å²) in [7, 11) is 0. The van der Waals surface area contributed by atoms with Crippen LogP contribution in [0.5, 0.6) is 0 Å². The number of nitrogens with zero attached hydrogens (tertiary/aromatic N) is 4. The van der Waals surface area contributed by atoms with E-state index in [2.05, 4.69) is 9.88 Å². The van der Waals surface area contributed by atoms with Crippen molar-refractivity contribution in [3.05, 3.63) is 63.2 Å². The summed E-state index contributed by atoms with van der Waals surface area (Å²) in [6.45, 7) is -0.519. The van der Waals surface area contributed by atoms with Gasteiger partial charge in [-0.05, 0) is 75.0 Å². The van der Waals surface area contributed by atoms with Crippen molar-refractivity contribution in [1.29, 1.82) is 0 Å². The quantitative estimate of drug-likeness (QED) is 0.526. The second-order valence-corrected chi connectivity index (χ2v) is 12.3. The van der Waals surface area contributed by atoms with Crippen molar-refractivity contribution < 1.29 is 9.90 Å². The Morgan fingerprint density at radius 3 is 2.26 bits per heavy atom. The van der Waals surface area contributed by atoms with Gasteiger partial charge in [-0.25, -0.2) is 4.98 Å². The van der Waals surface area contributed by atoms with E-state index < -0.39 is 18.1 Å². The summed E-state index contributed by atoms with van der Waals surface area (Å²) in [5.74, 6) is 0.646. The second-order valence-electron chi connectivity index (χ2n) is 12.3. The van der Waals surface area contributed by atoms with Crippen LogP contribution in [0.2, 0.25) is 0 Å². The molecule has 0 radical (unpaired) electrons. The second kappa shape index (κ2) is 9.73. The average molecular weight is 529 g/mol. The van der Waals surface area contributed by atoms with E-state index in [0.29, 0.717) is 23.6 Å². The highest BCUT2D eigenvalue weighted by molar-refractivity contribution is 5.78. The highest BCUT2D eigenvalue weighted by Gasteiger charge is 2.47. The SMILES string of the molecule is O=C(O)Cn1c(-c2nc3ccccc3n([C@@H]3C[C@H]4CC[C@@H](C3)N4[C@@H]3C[C@@H]4CCC[C@@H](C4)C3)c2=O)cccc1=O. The van der Waals surface area contributed by atoms with Gasteiger partial charge in [0.2, 0.25) is 0 Å². The zero-order valence-corrected chi connectivity index (χ0v) is 22.2. The van der Waals surface area contributed by atoms with Crippen molar-refractivity contribution in [2.75, 3.05) is 0 Å². The molecule has 2 aromatic heterocycles. The van der Waals surface area contributed by atoms with Gasteiger partial charge >= 0.3 is 5.97 Å². The standard InChI is InChI=1S/C31H36N4O4/c36-28-10-4-9-27(33(28)18-29(37)38)30-31(39)35(26-8-2-1-7-25(26)32-30)24-16-21-11-12-22(17-24)34(21)23-14-19-5-3-6-20(13-19)15-23/h1-2,4,7-10,19-24H,3,5-6,11-18H2,(H,37,38)/t19-,20+,21-,22+,23-,24-. The molecule has 8 nitrogen and oxygen atoms in total. The van der Waals surface area contributed by atoms with Crippen molar-refractivity contribution in [2.24, 2.45) is 11.8 Å². The number of hydrogen-bond acceptors (Lipinski definition) is 5. The zero-order valence-electron chi connectivity index (χ0n) is 22.2. The van der Waals surface area contributed by atoms with Gasteiger partial charge in [-0.2, -0.15) is 0 Å². The lowest BCUT2D eigenvalue weighted by molar-refractivity contribution is -0.137. The molecule has 4 heterocycles. The number of carboxylic acids is 1. The summed E-state index contributed by atoms with van der Waals surface area (Å²) in [5.41, 5.74) is 1.17. The lowest BCUT2D eigenvalue weighted by Crippen LogP contribution is -2.52. The predicted octanol–water partition coefficient (Wildman–Crippen LogP) is 4.45. The van der Waals surface area contributed by atoms with Gasteiger partial charge in [0.25, 0.3) is 11.1 Å². The van der Waals surface area contributed by atoms with Gasteiger partial charge in [0.1, 0.15) is 6.54 Å². The summed E-state index contributed by atoms with van der Waals surface area (Å²) in [5, 5.41) is 9.44. The van der Waals surface area contributed by atoms with Crippen molar-refractivity contribution in [3.63, 3.8) is 0 Å². The fraction of sp³-hybridized carbons (Fsp3) is 0.548. The number of piperidine rings is 1. The van der Waals surface area contributed by atoms with Crippen LogP contribution in [0, 0.1) is 11.8 Å². The number of pyridine rings is 1. The van der Waals surface area contributed by atoms with E-state index in [1.165, 1.54) is 57.4 Å². The fourth-order valence-corrected chi connectivity index (χ4v) is 8.64. The van der Waals surface area contributed by atoms with Crippen LogP contribution in [-0.4, -0.2) is 48.2 Å². The highest BCUT2D eigenvalue weighted by atomic mass is 16.4. The Hall–Kier alpha value is -3.26. The van der Waals surface area contributed by atoms with Crippen LogP contribution in [0.1, 0.15) is 70.3 Å². The molecule has 6 atom stereocenters. The Morgan fingerprint density at radius 1 is 0.821 bits per heavy atom. The number of aliphatic carboxylic acids is 1. The topological polar surface area (TPSA) is 97.4 Å². The molecular formula is C31H36N4O4. The maximum Gasteiger partial charge on any atom is 0.323 e. The minimum atomic E-state index is -1.14. The van der Waals surface area contributed by atoms with E-state index in [1.54, 1.807) is 12.1 Å². The first kappa shape index (κ1) is 24.8. The molecule has 2 saturated carbocycles. The first-order chi connectivity index (χ1) is 19.0. The van der Waals surface area contributed by atoms with Gasteiger partial charge in [0, 0.05) is 30.2 Å². The van der Waals surface area contributed by atoms with Crippen molar-refractivity contribution in [3.8, 4) is 11.4 Å². The van der Waals surface area contributed by atoms with Gasteiger partial charge in [0.05, 0.1) is 16.7 Å². The van der Waals surface area contributed by atoms with Crippen LogP contribution < -0.4 is 11.1 Å². The number of carbonyl (C=O) groups is 1. The summed E-state index contributed by atoms with van der Waals surface area (Å²) in [4.78, 5) is 45.9. The molecule has 4 aliphatic rings. The number of rotatable bonds is 5. The first-order valence-corrected chi connectivity index (χ1v) is 14.7. The highest BCUT2D eigenvalue weighted by Crippen LogP contribution is 2.48. The number of carboxylic acid groups (broad SMARTS) is 1. The summed E-state index contributed by atoms with van der Waals surface area (Å²) in [6.07, 6.45) is 12.5. The average Bonchev–Trinajstić information content (AvgIpc) is 3.18. The molecule has 0 unspecified atom stereocenters. The molecule has 0 amide bonds. The lowest BCUT2D eigenvalue weighted by atomic mass is 9.69. The Morgan fingerprint density at radius 2 is 1.54 bits per heavy atom. The molecule has 2 aliphatic heterocycles. The first-order valence-electron chi connectivity index (χ1n) is 14.7. The summed E-state index contributed by atoms with van der Waals surface area (Å²) >= 11 is 0. The van der Waals surface area contributed by atoms with Crippen LogP contribution in [0.4, 0.5) is 0 Å². The minimum absolute atomic E-state index is 0.0457. The van der Waals surface area contributed by atoms with Crippen molar-refractivity contribution in [1.82, 2.24) is 19.0 Å². The van der Waals surface area contributed by atoms with Crippen LogP contribution in [0.25, 0.3) is 22.4 Å². The molecule has 7 rings (SSSR count). The van der Waals surface area contributed by atoms with Crippen LogP contribution >= 0.6 is 0 Å². The van der Waals surface area contributed by atoms with Crippen LogP contribution in [0.3, 0.4) is 0 Å². The van der Waals surface area contributed by atoms with Crippen LogP contribution in [0.15, 0.2) is 52.1 Å². The molecule has 8 heteroatoms. The zero-order chi connectivity index (χ0) is 26.7. The number of para-hydroxylation sites is 2. The maximum atomic E-state index is 14.2. The van der Waals surface area contributed by atoms with Crippen molar-refractivity contribution in [2.45, 2.75) is 94.9 Å². The van der Waals surface area contributed by atoms with Crippen molar-refractivity contribution >= 4 is 17.0 Å². The molecule has 1 N–H and O–H groups in total. The Labute approximate surface area is 227 Å². The molecule has 2 aliphatic carbocycles. The predicted molar refractivity (Wildman–Crippen MR) is 149 cm³/mol. The minimum Gasteiger partial charge on any atom is -0.480 e. The van der Waals surface area contributed by atoms with E-state index in [4.69, 9.17) is 0 Å². The Balaban J connectivity index is 1.28. The fourth-order valence-electron chi connectivity index (χ4n) is 8.64. The molecule has 0 spiro atoms. The number of benzene rings is 1. The molecule has 204 valence electrons. The summed E-state index contributed by atoms with van der Waals surface area (Å²) < 4.78 is 3.05. The molecule has 1 aromatic carbocycles. The van der Waals surface area contributed by atoms with Crippen LogP contribution in [-0.2, 0) is 11.3 Å². The monoisotopic (exact) mass is 528 g/mol. The van der Waals surface area contributed by atoms with Gasteiger partial charge in [-0.15, -0.1) is 0 Å². The van der Waals surface area contributed by atoms with Gasteiger partial charge in [-0.3, -0.25) is 23.9 Å². The third-order valence-electron chi connectivity index (χ3n) is 10.0. The summed E-state index contributed by atoms with van der Waals surface area (Å²) in [6, 6.07) is 13.9. The third-order valence-corrected chi connectivity index (χ3v) is 10.0. The molecule has 39 heavy (non-hydrogen) atoms. The molecule has 2 saturated heterocycles. The molecule has 4 fully saturated rings. The molecule has 4 bridgehead atoms. The Bertz CT molecular complexity index is 1520. The molecule has 3 aromatic rings. The van der Waals surface area contributed by atoms with Gasteiger partial charge in [-0.1, -0.05) is 37.5 Å². The smallest absolute Gasteiger partial charge is 0.323 e. The maximum absolute atomic E-state index is 14.2. The third kappa shape index (κ3) is 4.33. The van der Waals surface area contributed by atoms with E-state index in [0.717, 1.165) is 34.8 Å². The Kier molecular flexibility index (Phi) is 6.18. The van der Waals surface area contributed by atoms with E-state index >= 15 is 0 Å². The van der Waals surface area contributed by atoms with E-state index in [9.17, 15) is 19.5 Å². The lowest BCUT2D eigenvalue weighted by Gasteiger charge is -2.49. The number of hydrogen-bond donors (Lipinski definition) is 1. The van der Waals surface area contributed by atoms with E-state index in [1.807, 2.05) is 28.8 Å². The van der Waals surface area contributed by atoms with E-state index in [-0.39, 0.29) is 23.0 Å². The van der Waals surface area contributed by atoms with Gasteiger partial charge < -0.3 is 9.67 Å². The largest absolute Gasteiger partial charge is 0.480 e. The van der Waals surface area contributed by atoms with Gasteiger partial charge in [0.15, 0.2) is 5.69 Å². The normalized spacial score (nSPS) is 30.5. The number of fused-ring (bicyclic) bond motifs is 5. The molecular weight excluding hydrogens is 492 g/mol. The number of aromatic nitrogens is 3.